The fourth-order valence-corrected chi connectivity index (χ4v) is 7.14. The van der Waals surface area contributed by atoms with Crippen molar-refractivity contribution in [3.05, 3.63) is 75.5 Å². The van der Waals surface area contributed by atoms with Crippen LogP contribution in [-0.2, 0) is 25.6 Å². The Morgan fingerprint density at radius 3 is 2.43 bits per heavy atom. The Kier molecular flexibility index (Phi) is 8.23. The molecule has 0 unspecified atom stereocenters. The predicted molar refractivity (Wildman–Crippen MR) is 154 cm³/mol. The van der Waals surface area contributed by atoms with E-state index in [4.69, 9.17) is 0 Å². The van der Waals surface area contributed by atoms with E-state index in [-0.39, 0.29) is 36.2 Å². The summed E-state index contributed by atoms with van der Waals surface area (Å²) in [7, 11) is 1.84. The molecular formula is C31H37F5N6O2. The van der Waals surface area contributed by atoms with Gasteiger partial charge in [0.25, 0.3) is 11.5 Å². The van der Waals surface area contributed by atoms with Crippen molar-refractivity contribution in [3.8, 4) is 0 Å². The summed E-state index contributed by atoms with van der Waals surface area (Å²) in [4.78, 5) is 26.4. The van der Waals surface area contributed by atoms with Gasteiger partial charge in [0.15, 0.2) is 0 Å². The third kappa shape index (κ3) is 6.57. The van der Waals surface area contributed by atoms with Crippen LogP contribution in [0.4, 0.5) is 27.6 Å². The Hall–Kier alpha value is -3.61. The third-order valence-electron chi connectivity index (χ3n) is 8.79. The van der Waals surface area contributed by atoms with Gasteiger partial charge in [-0.05, 0) is 93.2 Å². The van der Waals surface area contributed by atoms with Gasteiger partial charge in [-0.1, -0.05) is 13.0 Å². The third-order valence-corrected chi connectivity index (χ3v) is 8.79. The zero-order valence-corrected chi connectivity index (χ0v) is 25.2. The maximum atomic E-state index is 15.1. The average Bonchev–Trinajstić information content (AvgIpc) is 3.30. The quantitative estimate of drug-likeness (QED) is 0.226. The number of benzene rings is 1. The van der Waals surface area contributed by atoms with Gasteiger partial charge in [0.2, 0.25) is 0 Å². The minimum atomic E-state index is -4.73. The van der Waals surface area contributed by atoms with Crippen LogP contribution in [0.1, 0.15) is 80.2 Å². The zero-order valence-electron chi connectivity index (χ0n) is 25.2. The highest BCUT2D eigenvalue weighted by Crippen LogP contribution is 2.68. The molecular weight excluding hydrogens is 583 g/mol. The van der Waals surface area contributed by atoms with Crippen molar-refractivity contribution in [2.45, 2.75) is 83.2 Å². The molecule has 2 fully saturated rings. The van der Waals surface area contributed by atoms with E-state index in [0.29, 0.717) is 10.5 Å². The number of nitrogens with zero attached hydrogens (tertiary/aromatic N) is 4. The minimum absolute atomic E-state index is 0.0149. The largest absolute Gasteiger partial charge is 0.406 e. The van der Waals surface area contributed by atoms with E-state index in [1.54, 1.807) is 12.4 Å². The molecule has 2 aliphatic carbocycles. The summed E-state index contributed by atoms with van der Waals surface area (Å²) in [5.41, 5.74) is -2.85. The van der Waals surface area contributed by atoms with E-state index >= 15 is 4.39 Å². The number of hydrogen-bond donors (Lipinski definition) is 2. The molecule has 2 aliphatic rings. The molecule has 2 saturated carbocycles. The molecule has 13 heteroatoms. The number of nitrogens with one attached hydrogen (secondary N) is 2. The fraction of sp³-hybridized carbons (Fsp3) is 0.548. The van der Waals surface area contributed by atoms with E-state index < -0.39 is 46.7 Å². The van der Waals surface area contributed by atoms with Crippen molar-refractivity contribution in [2.75, 3.05) is 11.9 Å². The molecule has 1 aromatic carbocycles. The van der Waals surface area contributed by atoms with Gasteiger partial charge >= 0.3 is 6.18 Å². The summed E-state index contributed by atoms with van der Waals surface area (Å²) >= 11 is 0. The lowest BCUT2D eigenvalue weighted by Crippen LogP contribution is -2.57. The number of carbonyl (C=O) groups excluding carboxylic acids is 1. The van der Waals surface area contributed by atoms with Gasteiger partial charge in [-0.2, -0.15) is 13.2 Å². The molecule has 3 aromatic rings. The van der Waals surface area contributed by atoms with E-state index in [1.165, 1.54) is 32.0 Å². The molecule has 1 amide bonds. The van der Waals surface area contributed by atoms with E-state index in [1.807, 2.05) is 11.6 Å². The van der Waals surface area contributed by atoms with Gasteiger partial charge in [0, 0.05) is 19.8 Å². The first-order chi connectivity index (χ1) is 20.5. The SMILES string of the molecule is CC1CC2(C1)CC(c1ccc(F)c(NC(=O)c3cc(CNCCC(C)(C)F)cn(CC(F)(F)F)c3=O)c1)(c1nncn1C)C2. The smallest absolute Gasteiger partial charge is 0.320 e. The normalized spacial score (nSPS) is 23.3. The minimum Gasteiger partial charge on any atom is -0.320 e. The first-order valence-corrected chi connectivity index (χ1v) is 14.6. The van der Waals surface area contributed by atoms with E-state index in [0.717, 1.165) is 43.3 Å². The molecule has 2 aromatic heterocycles. The molecule has 0 radical (unpaired) electrons. The van der Waals surface area contributed by atoms with E-state index in [2.05, 4.69) is 27.8 Å². The van der Waals surface area contributed by atoms with Crippen molar-refractivity contribution in [3.63, 3.8) is 0 Å². The van der Waals surface area contributed by atoms with Crippen LogP contribution in [0.25, 0.3) is 0 Å². The van der Waals surface area contributed by atoms with Gasteiger partial charge in [-0.3, -0.25) is 9.59 Å². The maximum Gasteiger partial charge on any atom is 0.406 e. The Labute approximate surface area is 252 Å². The Balaban J connectivity index is 1.44. The molecule has 8 nitrogen and oxygen atoms in total. The molecule has 238 valence electrons. The van der Waals surface area contributed by atoms with Crippen molar-refractivity contribution in [2.24, 2.45) is 18.4 Å². The number of aryl methyl sites for hydroxylation is 1. The molecule has 1 spiro atoms. The number of carbonyl (C=O) groups is 1. The number of aromatic nitrogens is 4. The van der Waals surface area contributed by atoms with Crippen molar-refractivity contribution < 1.29 is 26.7 Å². The van der Waals surface area contributed by atoms with Crippen molar-refractivity contribution in [1.29, 1.82) is 0 Å². The van der Waals surface area contributed by atoms with Gasteiger partial charge in [-0.15, -0.1) is 10.2 Å². The maximum absolute atomic E-state index is 15.1. The van der Waals surface area contributed by atoms with Crippen LogP contribution in [0, 0.1) is 17.2 Å². The standard InChI is InChI=1S/C31H37F5N6O2/c1-19-11-29(12-19)15-30(16-29,27-40-38-18-41(27)4)21-5-6-23(32)24(10-21)39-25(43)22-9-20(13-37-8-7-28(2,3)33)14-42(26(22)44)17-31(34,35)36/h5-6,9-10,14,18-19,37H,7-8,11-13,15-17H2,1-4H3,(H,39,43). The second kappa shape index (κ2) is 11.4. The molecule has 0 saturated heterocycles. The highest BCUT2D eigenvalue weighted by atomic mass is 19.4. The Morgan fingerprint density at radius 2 is 1.84 bits per heavy atom. The monoisotopic (exact) mass is 620 g/mol. The summed E-state index contributed by atoms with van der Waals surface area (Å²) in [6, 6.07) is 5.56. The van der Waals surface area contributed by atoms with Gasteiger partial charge in [0.05, 0.1) is 11.1 Å². The van der Waals surface area contributed by atoms with Crippen LogP contribution in [-0.4, -0.2) is 43.6 Å². The van der Waals surface area contributed by atoms with Crippen molar-refractivity contribution in [1.82, 2.24) is 24.6 Å². The topological polar surface area (TPSA) is 93.8 Å². The van der Waals surface area contributed by atoms with Gasteiger partial charge in [-0.25, -0.2) is 8.78 Å². The first kappa shape index (κ1) is 31.8. The molecule has 2 N–H and O–H groups in total. The number of hydrogen-bond acceptors (Lipinski definition) is 5. The average molecular weight is 621 g/mol. The number of anilines is 1. The van der Waals surface area contributed by atoms with Crippen LogP contribution in [0.5, 0.6) is 0 Å². The summed E-state index contributed by atoms with van der Waals surface area (Å²) in [6.07, 6.45) is 1.77. The number of amides is 1. The summed E-state index contributed by atoms with van der Waals surface area (Å²) in [5, 5.41) is 13.8. The molecule has 0 aliphatic heterocycles. The van der Waals surface area contributed by atoms with E-state index in [9.17, 15) is 27.2 Å². The lowest BCUT2D eigenvalue weighted by Gasteiger charge is -2.63. The van der Waals surface area contributed by atoms with Crippen LogP contribution >= 0.6 is 0 Å². The molecule has 0 bridgehead atoms. The number of rotatable bonds is 10. The molecule has 5 rings (SSSR count). The second-order valence-electron chi connectivity index (χ2n) is 13.3. The van der Waals surface area contributed by atoms with Crippen LogP contribution < -0.4 is 16.2 Å². The highest BCUT2D eigenvalue weighted by molar-refractivity contribution is 6.04. The molecule has 2 heterocycles. The summed E-state index contributed by atoms with van der Waals surface area (Å²) in [5.74, 6) is -0.459. The number of alkyl halides is 4. The van der Waals surface area contributed by atoms with Crippen LogP contribution in [0.3, 0.4) is 0 Å². The lowest BCUT2D eigenvalue weighted by atomic mass is 9.41. The van der Waals surface area contributed by atoms with Crippen LogP contribution in [0.2, 0.25) is 0 Å². The number of pyridine rings is 1. The fourth-order valence-electron chi connectivity index (χ4n) is 7.14. The zero-order chi connectivity index (χ0) is 32.1. The first-order valence-electron chi connectivity index (χ1n) is 14.6. The second-order valence-corrected chi connectivity index (χ2v) is 13.3. The summed E-state index contributed by atoms with van der Waals surface area (Å²) < 4.78 is 71.1. The van der Waals surface area contributed by atoms with Gasteiger partial charge < -0.3 is 19.8 Å². The summed E-state index contributed by atoms with van der Waals surface area (Å²) in [6.45, 7) is 3.61. The predicted octanol–water partition coefficient (Wildman–Crippen LogP) is 5.65. The molecule has 44 heavy (non-hydrogen) atoms. The van der Waals surface area contributed by atoms with Crippen molar-refractivity contribution >= 4 is 11.6 Å². The Morgan fingerprint density at radius 1 is 1.14 bits per heavy atom. The molecule has 0 atom stereocenters. The van der Waals surface area contributed by atoms with Crippen LogP contribution in [0.15, 0.2) is 41.6 Å². The highest BCUT2D eigenvalue weighted by Gasteiger charge is 2.62. The number of halogens is 5. The lowest BCUT2D eigenvalue weighted by molar-refractivity contribution is -0.141. The van der Waals surface area contributed by atoms with Gasteiger partial charge in [0.1, 0.15) is 35.7 Å². The Bertz CT molecular complexity index is 1590.